The van der Waals surface area contributed by atoms with Gasteiger partial charge in [0.25, 0.3) is 0 Å². The topological polar surface area (TPSA) is 26.3 Å². The highest BCUT2D eigenvalue weighted by molar-refractivity contribution is 5.90. The number of rotatable bonds is 6. The van der Waals surface area contributed by atoms with Crippen LogP contribution < -0.4 is 0 Å². The molecule has 1 fully saturated rings. The summed E-state index contributed by atoms with van der Waals surface area (Å²) in [6, 6.07) is 9.57. The van der Waals surface area contributed by atoms with Crippen molar-refractivity contribution in [3.05, 3.63) is 99.6 Å². The Morgan fingerprint density at radius 3 is 2.15 bits per heavy atom. The highest BCUT2D eigenvalue weighted by Crippen LogP contribution is 2.38. The lowest BCUT2D eigenvalue weighted by Crippen LogP contribution is -2.13. The molecule has 0 bridgehead atoms. The average Bonchev–Trinajstić information content (AvgIpc) is 2.92. The van der Waals surface area contributed by atoms with Gasteiger partial charge < -0.3 is 4.74 Å². The van der Waals surface area contributed by atoms with Gasteiger partial charge in [0.2, 0.25) is 0 Å². The van der Waals surface area contributed by atoms with Crippen LogP contribution in [0.2, 0.25) is 0 Å². The van der Waals surface area contributed by atoms with Gasteiger partial charge in [-0.2, -0.15) is 0 Å². The maximum absolute atomic E-state index is 15.3. The van der Waals surface area contributed by atoms with Crippen LogP contribution in [0.1, 0.15) is 84.8 Å². The number of hydrogen-bond acceptors (Lipinski definition) is 2. The molecule has 0 aliphatic heterocycles. The Morgan fingerprint density at radius 1 is 0.846 bits per heavy atom. The fourth-order valence-corrected chi connectivity index (χ4v) is 5.86. The van der Waals surface area contributed by atoms with E-state index in [1.807, 2.05) is 12.1 Å². The molecular weight excluding hydrogens is 511 g/mol. The fourth-order valence-electron chi connectivity index (χ4n) is 5.86. The van der Waals surface area contributed by atoms with Crippen molar-refractivity contribution in [2.24, 2.45) is 5.92 Å². The first-order valence-corrected chi connectivity index (χ1v) is 13.4. The molecule has 2 aliphatic carbocycles. The van der Waals surface area contributed by atoms with E-state index in [4.69, 9.17) is 4.74 Å². The highest BCUT2D eigenvalue weighted by atomic mass is 19.2. The summed E-state index contributed by atoms with van der Waals surface area (Å²) in [5.74, 6) is -5.83. The number of hydrogen-bond donors (Lipinski definition) is 0. The Kier molecular flexibility index (Phi) is 7.87. The van der Waals surface area contributed by atoms with Gasteiger partial charge in [-0.25, -0.2) is 26.7 Å². The largest absolute Gasteiger partial charge is 0.427 e. The van der Waals surface area contributed by atoms with E-state index in [9.17, 15) is 22.4 Å². The van der Waals surface area contributed by atoms with Crippen molar-refractivity contribution in [2.75, 3.05) is 0 Å². The predicted molar refractivity (Wildman–Crippen MR) is 139 cm³/mol. The first-order valence-electron chi connectivity index (χ1n) is 13.4. The van der Waals surface area contributed by atoms with Crippen LogP contribution in [0.25, 0.3) is 17.2 Å². The van der Waals surface area contributed by atoms with Gasteiger partial charge in [-0.1, -0.05) is 31.9 Å². The molecule has 0 radical (unpaired) electrons. The number of allylic oxidation sites excluding steroid dienone is 1. The lowest BCUT2D eigenvalue weighted by atomic mass is 9.77. The summed E-state index contributed by atoms with van der Waals surface area (Å²) < 4.78 is 76.4. The molecule has 0 atom stereocenters. The molecule has 3 aromatic carbocycles. The second-order valence-corrected chi connectivity index (χ2v) is 10.5. The lowest BCUT2D eigenvalue weighted by Gasteiger charge is -2.28. The average molecular weight is 541 g/mol. The van der Waals surface area contributed by atoms with Crippen molar-refractivity contribution >= 4 is 12.0 Å². The van der Waals surface area contributed by atoms with Gasteiger partial charge in [-0.05, 0) is 103 Å². The third-order valence-corrected chi connectivity index (χ3v) is 7.95. The van der Waals surface area contributed by atoms with Crippen LogP contribution in [0.15, 0.2) is 48.2 Å². The standard InChI is InChI=1S/C32H29F5O2/c1-2-3-18-4-6-19(7-5-18)20-8-10-21(11-9-20)32(38)39-24-12-13-25-22(14-24)15-26(33)29(30(25)36)23-16-27(34)31(37)28(35)17-23/h8-11,14-19H,2-7,12-13H2,1H3. The molecule has 0 heterocycles. The Balaban J connectivity index is 1.30. The molecule has 0 spiro atoms. The fraction of sp³-hybridized carbons (Fsp3) is 0.344. The maximum Gasteiger partial charge on any atom is 0.343 e. The Bertz CT molecular complexity index is 1400. The second kappa shape index (κ2) is 11.3. The summed E-state index contributed by atoms with van der Waals surface area (Å²) in [5.41, 5.74) is 0.810. The number of carbonyl (C=O) groups excluding carboxylic acids is 1. The van der Waals surface area contributed by atoms with Crippen LogP contribution in [0.3, 0.4) is 0 Å². The highest BCUT2D eigenvalue weighted by Gasteiger charge is 2.26. The zero-order chi connectivity index (χ0) is 27.7. The zero-order valence-electron chi connectivity index (χ0n) is 21.6. The second-order valence-electron chi connectivity index (χ2n) is 10.5. The maximum atomic E-state index is 15.3. The summed E-state index contributed by atoms with van der Waals surface area (Å²) in [5, 5.41) is 0. The first kappa shape index (κ1) is 27.1. The molecule has 204 valence electrons. The van der Waals surface area contributed by atoms with Crippen molar-refractivity contribution < 1.29 is 31.5 Å². The molecule has 0 saturated heterocycles. The molecule has 39 heavy (non-hydrogen) atoms. The number of ether oxygens (including phenoxy) is 1. The van der Waals surface area contributed by atoms with E-state index in [1.54, 1.807) is 12.1 Å². The van der Waals surface area contributed by atoms with Crippen molar-refractivity contribution in [3.63, 3.8) is 0 Å². The monoisotopic (exact) mass is 540 g/mol. The van der Waals surface area contributed by atoms with E-state index < -0.39 is 46.2 Å². The minimum atomic E-state index is -1.71. The summed E-state index contributed by atoms with van der Waals surface area (Å²) in [6.07, 6.45) is 8.93. The summed E-state index contributed by atoms with van der Waals surface area (Å²) in [4.78, 5) is 12.8. The Morgan fingerprint density at radius 2 is 1.51 bits per heavy atom. The molecule has 0 unspecified atom stereocenters. The van der Waals surface area contributed by atoms with Gasteiger partial charge in [0.15, 0.2) is 17.5 Å². The SMILES string of the molecule is CCCC1CCC(c2ccc(C(=O)OC3=Cc4cc(F)c(-c5cc(F)c(F)c(F)c5)c(F)c4CC3)cc2)CC1. The van der Waals surface area contributed by atoms with Gasteiger partial charge >= 0.3 is 5.97 Å². The van der Waals surface area contributed by atoms with E-state index >= 15 is 4.39 Å². The van der Waals surface area contributed by atoms with Gasteiger partial charge in [0.1, 0.15) is 17.4 Å². The summed E-state index contributed by atoms with van der Waals surface area (Å²) in [7, 11) is 0. The van der Waals surface area contributed by atoms with E-state index in [2.05, 4.69) is 6.92 Å². The zero-order valence-corrected chi connectivity index (χ0v) is 21.6. The van der Waals surface area contributed by atoms with Gasteiger partial charge in [-0.15, -0.1) is 0 Å². The molecule has 0 aromatic heterocycles. The van der Waals surface area contributed by atoms with Crippen LogP contribution in [0.5, 0.6) is 0 Å². The quantitative estimate of drug-likeness (QED) is 0.177. The first-order chi connectivity index (χ1) is 18.7. The third kappa shape index (κ3) is 5.63. The van der Waals surface area contributed by atoms with Crippen molar-refractivity contribution in [3.8, 4) is 11.1 Å². The molecule has 0 amide bonds. The number of carbonyl (C=O) groups is 1. The minimum absolute atomic E-state index is 0.0827. The molecule has 2 nitrogen and oxygen atoms in total. The molecule has 0 N–H and O–H groups in total. The van der Waals surface area contributed by atoms with Gasteiger partial charge in [0.05, 0.1) is 11.1 Å². The summed E-state index contributed by atoms with van der Waals surface area (Å²) >= 11 is 0. The van der Waals surface area contributed by atoms with Crippen LogP contribution >= 0.6 is 0 Å². The van der Waals surface area contributed by atoms with E-state index in [-0.39, 0.29) is 29.7 Å². The van der Waals surface area contributed by atoms with Crippen LogP contribution in [0.4, 0.5) is 22.0 Å². The molecule has 2 aliphatic rings. The smallest absolute Gasteiger partial charge is 0.343 e. The van der Waals surface area contributed by atoms with Crippen molar-refractivity contribution in [1.82, 2.24) is 0 Å². The van der Waals surface area contributed by atoms with Crippen LogP contribution in [-0.2, 0) is 11.2 Å². The van der Waals surface area contributed by atoms with Gasteiger partial charge in [-0.3, -0.25) is 0 Å². The molecule has 7 heteroatoms. The molecular formula is C32H29F5O2. The van der Waals surface area contributed by atoms with Crippen LogP contribution in [-0.4, -0.2) is 5.97 Å². The van der Waals surface area contributed by atoms with Crippen molar-refractivity contribution in [1.29, 1.82) is 0 Å². The van der Waals surface area contributed by atoms with Crippen LogP contribution in [0, 0.1) is 35.0 Å². The van der Waals surface area contributed by atoms with E-state index in [0.29, 0.717) is 23.6 Å². The number of benzene rings is 3. The Hall–Kier alpha value is -3.48. The van der Waals surface area contributed by atoms with E-state index in [1.165, 1.54) is 37.3 Å². The summed E-state index contributed by atoms with van der Waals surface area (Å²) in [6.45, 7) is 2.22. The lowest BCUT2D eigenvalue weighted by molar-refractivity contribution is 0.0617. The van der Waals surface area contributed by atoms with Gasteiger partial charge in [0, 0.05) is 6.42 Å². The predicted octanol–water partition coefficient (Wildman–Crippen LogP) is 9.27. The molecule has 3 aromatic rings. The molecule has 1 saturated carbocycles. The minimum Gasteiger partial charge on any atom is -0.427 e. The normalized spacial score (nSPS) is 18.9. The van der Waals surface area contributed by atoms with Crippen molar-refractivity contribution in [2.45, 2.75) is 64.2 Å². The molecule has 5 rings (SSSR count). The number of halogens is 5. The number of fused-ring (bicyclic) bond motifs is 1. The Labute approximate surface area is 224 Å². The number of esters is 1. The van der Waals surface area contributed by atoms with E-state index in [0.717, 1.165) is 24.8 Å². The third-order valence-electron chi connectivity index (χ3n) is 7.95.